The van der Waals surface area contributed by atoms with Crippen molar-refractivity contribution in [2.24, 2.45) is 5.92 Å². The van der Waals surface area contributed by atoms with E-state index in [0.29, 0.717) is 12.1 Å². The van der Waals surface area contributed by atoms with E-state index in [1.165, 1.54) is 0 Å². The van der Waals surface area contributed by atoms with E-state index in [-0.39, 0.29) is 11.8 Å². The van der Waals surface area contributed by atoms with Gasteiger partial charge in [0.2, 0.25) is 5.91 Å². The SMILES string of the molecule is CC1CNc2ccc(C#N)cc2N(C)C1=O. The second-order valence-electron chi connectivity index (χ2n) is 4.02. The van der Waals surface area contributed by atoms with Gasteiger partial charge in [0, 0.05) is 13.6 Å². The van der Waals surface area contributed by atoms with Gasteiger partial charge >= 0.3 is 0 Å². The fourth-order valence-corrected chi connectivity index (χ4v) is 1.83. The van der Waals surface area contributed by atoms with Gasteiger partial charge in [0.1, 0.15) is 0 Å². The normalized spacial score (nSPS) is 19.4. The highest BCUT2D eigenvalue weighted by molar-refractivity contribution is 5.99. The van der Waals surface area contributed by atoms with Crippen molar-refractivity contribution in [1.29, 1.82) is 5.26 Å². The van der Waals surface area contributed by atoms with E-state index >= 15 is 0 Å². The molecule has 82 valence electrons. The summed E-state index contributed by atoms with van der Waals surface area (Å²) in [5, 5.41) is 12.1. The molecule has 1 atom stereocenters. The van der Waals surface area contributed by atoms with Crippen LogP contribution < -0.4 is 10.2 Å². The molecule has 4 nitrogen and oxygen atoms in total. The zero-order valence-corrected chi connectivity index (χ0v) is 9.32. The van der Waals surface area contributed by atoms with E-state index in [4.69, 9.17) is 5.26 Å². The Morgan fingerprint density at radius 2 is 2.31 bits per heavy atom. The molecule has 0 bridgehead atoms. The second-order valence-corrected chi connectivity index (χ2v) is 4.02. The van der Waals surface area contributed by atoms with Crippen LogP contribution in [0.25, 0.3) is 0 Å². The maximum atomic E-state index is 11.9. The maximum absolute atomic E-state index is 11.9. The minimum Gasteiger partial charge on any atom is -0.383 e. The summed E-state index contributed by atoms with van der Waals surface area (Å²) in [7, 11) is 1.74. The van der Waals surface area contributed by atoms with E-state index in [0.717, 1.165) is 11.4 Å². The molecule has 1 aliphatic rings. The highest BCUT2D eigenvalue weighted by atomic mass is 16.2. The minimum atomic E-state index is -0.0528. The molecule has 0 radical (unpaired) electrons. The van der Waals surface area contributed by atoms with E-state index in [1.807, 2.05) is 13.0 Å². The topological polar surface area (TPSA) is 56.1 Å². The summed E-state index contributed by atoms with van der Waals surface area (Å²) in [5.41, 5.74) is 2.24. The van der Waals surface area contributed by atoms with Gasteiger partial charge in [0.15, 0.2) is 0 Å². The lowest BCUT2D eigenvalue weighted by atomic mass is 10.1. The zero-order valence-electron chi connectivity index (χ0n) is 9.32. The fourth-order valence-electron chi connectivity index (χ4n) is 1.83. The Balaban J connectivity index is 2.50. The maximum Gasteiger partial charge on any atom is 0.231 e. The highest BCUT2D eigenvalue weighted by Crippen LogP contribution is 2.30. The van der Waals surface area contributed by atoms with Gasteiger partial charge in [-0.05, 0) is 18.2 Å². The van der Waals surface area contributed by atoms with Gasteiger partial charge in [0.25, 0.3) is 0 Å². The Morgan fingerprint density at radius 3 is 3.00 bits per heavy atom. The molecule has 1 amide bonds. The molecule has 1 aliphatic heterocycles. The number of carbonyl (C=O) groups is 1. The number of nitrogens with zero attached hydrogens (tertiary/aromatic N) is 2. The van der Waals surface area contributed by atoms with Crippen LogP contribution in [0.5, 0.6) is 0 Å². The number of fused-ring (bicyclic) bond motifs is 1. The molecular weight excluding hydrogens is 202 g/mol. The van der Waals surface area contributed by atoms with Crippen LogP contribution in [0, 0.1) is 17.2 Å². The predicted octanol–water partition coefficient (Wildman–Crippen LogP) is 1.58. The molecular formula is C12H13N3O. The lowest BCUT2D eigenvalue weighted by Gasteiger charge is -2.18. The average molecular weight is 215 g/mol. The minimum absolute atomic E-state index is 0.0528. The van der Waals surface area contributed by atoms with Gasteiger partial charge in [-0.25, -0.2) is 0 Å². The Bertz CT molecular complexity index is 476. The van der Waals surface area contributed by atoms with Crippen LogP contribution in [-0.2, 0) is 4.79 Å². The Kier molecular flexibility index (Phi) is 2.53. The first kappa shape index (κ1) is 10.5. The molecule has 1 aromatic carbocycles. The molecule has 0 saturated heterocycles. The highest BCUT2D eigenvalue weighted by Gasteiger charge is 2.24. The molecule has 1 N–H and O–H groups in total. The largest absolute Gasteiger partial charge is 0.383 e. The quantitative estimate of drug-likeness (QED) is 0.715. The molecule has 0 spiro atoms. The average Bonchev–Trinajstić information content (AvgIpc) is 2.42. The van der Waals surface area contributed by atoms with E-state index < -0.39 is 0 Å². The van der Waals surface area contributed by atoms with Crippen LogP contribution >= 0.6 is 0 Å². The van der Waals surface area contributed by atoms with Crippen LogP contribution in [0.4, 0.5) is 11.4 Å². The molecule has 0 aromatic heterocycles. The van der Waals surface area contributed by atoms with E-state index in [1.54, 1.807) is 24.1 Å². The molecule has 1 heterocycles. The van der Waals surface area contributed by atoms with Gasteiger partial charge < -0.3 is 10.2 Å². The molecule has 4 heteroatoms. The first-order chi connectivity index (χ1) is 7.63. The molecule has 2 rings (SSSR count). The van der Waals surface area contributed by atoms with Crippen molar-refractivity contribution in [1.82, 2.24) is 0 Å². The summed E-state index contributed by atoms with van der Waals surface area (Å²) in [6, 6.07) is 7.41. The molecule has 0 aliphatic carbocycles. The third kappa shape index (κ3) is 1.61. The summed E-state index contributed by atoms with van der Waals surface area (Å²) < 4.78 is 0. The van der Waals surface area contributed by atoms with Crippen molar-refractivity contribution >= 4 is 17.3 Å². The summed E-state index contributed by atoms with van der Waals surface area (Å²) in [4.78, 5) is 13.5. The number of rotatable bonds is 0. The fraction of sp³-hybridized carbons (Fsp3) is 0.333. The number of anilines is 2. The predicted molar refractivity (Wildman–Crippen MR) is 62.2 cm³/mol. The van der Waals surface area contributed by atoms with Gasteiger partial charge in [-0.2, -0.15) is 5.26 Å². The first-order valence-corrected chi connectivity index (χ1v) is 5.19. The number of hydrogen-bond donors (Lipinski definition) is 1. The van der Waals surface area contributed by atoms with Crippen LogP contribution in [-0.4, -0.2) is 19.5 Å². The Morgan fingerprint density at radius 1 is 1.56 bits per heavy atom. The number of nitriles is 1. The monoisotopic (exact) mass is 215 g/mol. The third-order valence-electron chi connectivity index (χ3n) is 2.84. The smallest absolute Gasteiger partial charge is 0.231 e. The summed E-state index contributed by atoms with van der Waals surface area (Å²) in [6.45, 7) is 2.52. The number of hydrogen-bond acceptors (Lipinski definition) is 3. The van der Waals surface area contributed by atoms with Gasteiger partial charge in [-0.15, -0.1) is 0 Å². The summed E-state index contributed by atoms with van der Waals surface area (Å²) >= 11 is 0. The van der Waals surface area contributed by atoms with Crippen LogP contribution in [0.15, 0.2) is 18.2 Å². The zero-order chi connectivity index (χ0) is 11.7. The van der Waals surface area contributed by atoms with Crippen LogP contribution in [0.3, 0.4) is 0 Å². The molecule has 1 aromatic rings. The molecule has 0 fully saturated rings. The second kappa shape index (κ2) is 3.86. The first-order valence-electron chi connectivity index (χ1n) is 5.19. The van der Waals surface area contributed by atoms with E-state index in [9.17, 15) is 4.79 Å². The van der Waals surface area contributed by atoms with Gasteiger partial charge in [-0.1, -0.05) is 6.92 Å². The Labute approximate surface area is 94.5 Å². The lowest BCUT2D eigenvalue weighted by molar-refractivity contribution is -0.121. The van der Waals surface area contributed by atoms with Crippen LogP contribution in [0.1, 0.15) is 12.5 Å². The molecule has 16 heavy (non-hydrogen) atoms. The summed E-state index contributed by atoms with van der Waals surface area (Å²) in [5.74, 6) is 0.0178. The van der Waals surface area contributed by atoms with Crippen molar-refractivity contribution in [2.75, 3.05) is 23.8 Å². The van der Waals surface area contributed by atoms with Crippen molar-refractivity contribution in [2.45, 2.75) is 6.92 Å². The summed E-state index contributed by atoms with van der Waals surface area (Å²) in [6.07, 6.45) is 0. The van der Waals surface area contributed by atoms with Gasteiger partial charge in [-0.3, -0.25) is 4.79 Å². The lowest BCUT2D eigenvalue weighted by Crippen LogP contribution is -2.31. The Hall–Kier alpha value is -2.02. The van der Waals surface area contributed by atoms with Crippen molar-refractivity contribution in [3.05, 3.63) is 23.8 Å². The van der Waals surface area contributed by atoms with Crippen LogP contribution in [0.2, 0.25) is 0 Å². The number of amides is 1. The van der Waals surface area contributed by atoms with E-state index in [2.05, 4.69) is 11.4 Å². The van der Waals surface area contributed by atoms with Crippen molar-refractivity contribution in [3.8, 4) is 6.07 Å². The van der Waals surface area contributed by atoms with Crippen molar-refractivity contribution in [3.63, 3.8) is 0 Å². The van der Waals surface area contributed by atoms with Gasteiger partial charge in [0.05, 0.1) is 28.9 Å². The number of benzene rings is 1. The standard InChI is InChI=1S/C12H13N3O/c1-8-7-14-10-4-3-9(6-13)5-11(10)15(2)12(8)16/h3-5,8,14H,7H2,1-2H3. The molecule has 0 saturated carbocycles. The molecule has 1 unspecified atom stereocenters. The third-order valence-corrected chi connectivity index (χ3v) is 2.84. The number of carbonyl (C=O) groups excluding carboxylic acids is 1. The number of nitrogens with one attached hydrogen (secondary N) is 1. The van der Waals surface area contributed by atoms with Crippen molar-refractivity contribution < 1.29 is 4.79 Å².